The average molecular weight is 263 g/mol. The second kappa shape index (κ2) is 6.22. The van der Waals surface area contributed by atoms with E-state index >= 15 is 0 Å². The van der Waals surface area contributed by atoms with Crippen LogP contribution >= 0.6 is 0 Å². The maximum atomic E-state index is 11.7. The molecule has 0 aromatic heterocycles. The average Bonchev–Trinajstić information content (AvgIpc) is 2.43. The van der Waals surface area contributed by atoms with E-state index < -0.39 is 5.41 Å². The molecule has 19 heavy (non-hydrogen) atoms. The van der Waals surface area contributed by atoms with Crippen LogP contribution in [0.1, 0.15) is 24.2 Å². The molecule has 0 aliphatic rings. The Labute approximate surface area is 113 Å². The predicted molar refractivity (Wildman–Crippen MR) is 76.2 cm³/mol. The third-order valence-electron chi connectivity index (χ3n) is 2.96. The standard InChI is InChI=1S/C14H21N3O2/c1-14(2,13(19)16-4)9-17-11-8-6-5-7-10(11)12(18)15-3/h5-8,17H,9H2,1-4H3,(H,15,18)(H,16,19). The normalized spacial score (nSPS) is 10.7. The molecule has 0 bridgehead atoms. The van der Waals surface area contributed by atoms with E-state index in [0.717, 1.165) is 5.69 Å². The summed E-state index contributed by atoms with van der Waals surface area (Å²) >= 11 is 0. The van der Waals surface area contributed by atoms with Gasteiger partial charge in [-0.3, -0.25) is 9.59 Å². The van der Waals surface area contributed by atoms with Crippen molar-refractivity contribution in [2.45, 2.75) is 13.8 Å². The van der Waals surface area contributed by atoms with Crippen molar-refractivity contribution in [1.29, 1.82) is 0 Å². The van der Waals surface area contributed by atoms with Gasteiger partial charge in [-0.15, -0.1) is 0 Å². The molecule has 5 nitrogen and oxygen atoms in total. The topological polar surface area (TPSA) is 70.2 Å². The molecule has 1 aromatic carbocycles. The molecule has 0 saturated carbocycles. The van der Waals surface area contributed by atoms with Crippen LogP contribution in [0.2, 0.25) is 0 Å². The van der Waals surface area contributed by atoms with Gasteiger partial charge in [-0.05, 0) is 26.0 Å². The molecule has 0 radical (unpaired) electrons. The third kappa shape index (κ3) is 3.71. The molecule has 0 spiro atoms. The molecule has 2 amide bonds. The van der Waals surface area contributed by atoms with Crippen molar-refractivity contribution in [3.05, 3.63) is 29.8 Å². The number of benzene rings is 1. The van der Waals surface area contributed by atoms with E-state index in [1.165, 1.54) is 0 Å². The van der Waals surface area contributed by atoms with Gasteiger partial charge in [-0.25, -0.2) is 0 Å². The molecule has 0 aliphatic heterocycles. The minimum absolute atomic E-state index is 0.0441. The lowest BCUT2D eigenvalue weighted by molar-refractivity contribution is -0.128. The van der Waals surface area contributed by atoms with Gasteiger partial charge in [0.1, 0.15) is 0 Å². The number of rotatable bonds is 5. The SMILES string of the molecule is CNC(=O)c1ccccc1NCC(C)(C)C(=O)NC. The van der Waals surface area contributed by atoms with Crippen molar-refractivity contribution in [3.63, 3.8) is 0 Å². The summed E-state index contributed by atoms with van der Waals surface area (Å²) in [5.74, 6) is -0.196. The molecule has 1 aromatic rings. The predicted octanol–water partition coefficient (Wildman–Crippen LogP) is 1.23. The minimum Gasteiger partial charge on any atom is -0.383 e. The van der Waals surface area contributed by atoms with Gasteiger partial charge < -0.3 is 16.0 Å². The highest BCUT2D eigenvalue weighted by Gasteiger charge is 2.26. The second-order valence-corrected chi connectivity index (χ2v) is 4.94. The number of carbonyl (C=O) groups is 2. The van der Waals surface area contributed by atoms with Crippen LogP contribution in [-0.4, -0.2) is 32.5 Å². The quantitative estimate of drug-likeness (QED) is 0.748. The maximum absolute atomic E-state index is 11.7. The Balaban J connectivity index is 2.84. The Kier molecular flexibility index (Phi) is 4.92. The highest BCUT2D eigenvalue weighted by molar-refractivity contribution is 5.99. The number of hydrogen-bond acceptors (Lipinski definition) is 3. The molecule has 0 unspecified atom stereocenters. The van der Waals surface area contributed by atoms with Crippen molar-refractivity contribution >= 4 is 17.5 Å². The Hall–Kier alpha value is -2.04. The van der Waals surface area contributed by atoms with Crippen molar-refractivity contribution in [1.82, 2.24) is 10.6 Å². The largest absolute Gasteiger partial charge is 0.383 e. The maximum Gasteiger partial charge on any atom is 0.253 e. The van der Waals surface area contributed by atoms with Gasteiger partial charge in [0, 0.05) is 26.3 Å². The van der Waals surface area contributed by atoms with Gasteiger partial charge in [-0.2, -0.15) is 0 Å². The van der Waals surface area contributed by atoms with Gasteiger partial charge in [0.2, 0.25) is 5.91 Å². The van der Waals surface area contributed by atoms with E-state index in [1.54, 1.807) is 26.2 Å². The summed E-state index contributed by atoms with van der Waals surface area (Å²) in [5.41, 5.74) is 0.737. The van der Waals surface area contributed by atoms with Crippen molar-refractivity contribution in [2.24, 2.45) is 5.41 Å². The smallest absolute Gasteiger partial charge is 0.253 e. The first kappa shape index (κ1) is 15.0. The number of carbonyl (C=O) groups excluding carboxylic acids is 2. The first-order chi connectivity index (χ1) is 8.92. The highest BCUT2D eigenvalue weighted by Crippen LogP contribution is 2.20. The summed E-state index contributed by atoms with van der Waals surface area (Å²) in [5, 5.41) is 8.39. The molecule has 0 aliphatic carbocycles. The molecular formula is C14H21N3O2. The van der Waals surface area contributed by atoms with E-state index in [2.05, 4.69) is 16.0 Å². The number of hydrogen-bond donors (Lipinski definition) is 3. The summed E-state index contributed by atoms with van der Waals surface area (Å²) in [7, 11) is 3.20. The Bertz CT molecular complexity index is 470. The van der Waals surface area contributed by atoms with E-state index in [4.69, 9.17) is 0 Å². The molecule has 1 rings (SSSR count). The first-order valence-corrected chi connectivity index (χ1v) is 6.19. The van der Waals surface area contributed by atoms with Gasteiger partial charge in [-0.1, -0.05) is 12.1 Å². The molecular weight excluding hydrogens is 242 g/mol. The van der Waals surface area contributed by atoms with Crippen LogP contribution in [0.4, 0.5) is 5.69 Å². The number of nitrogens with one attached hydrogen (secondary N) is 3. The molecule has 0 heterocycles. The summed E-state index contributed by atoms with van der Waals surface area (Å²) in [4.78, 5) is 23.4. The van der Waals surface area contributed by atoms with Crippen LogP contribution in [-0.2, 0) is 4.79 Å². The zero-order valence-electron chi connectivity index (χ0n) is 11.8. The fourth-order valence-corrected chi connectivity index (χ4v) is 1.70. The zero-order chi connectivity index (χ0) is 14.5. The van der Waals surface area contributed by atoms with Gasteiger partial charge in [0.25, 0.3) is 5.91 Å². The van der Waals surface area contributed by atoms with E-state index in [1.807, 2.05) is 26.0 Å². The van der Waals surface area contributed by atoms with Crippen LogP contribution in [0.25, 0.3) is 0 Å². The molecule has 0 saturated heterocycles. The van der Waals surface area contributed by atoms with E-state index in [9.17, 15) is 9.59 Å². The third-order valence-corrected chi connectivity index (χ3v) is 2.96. The van der Waals surface area contributed by atoms with Gasteiger partial charge in [0.05, 0.1) is 11.0 Å². The highest BCUT2D eigenvalue weighted by atomic mass is 16.2. The van der Waals surface area contributed by atoms with Crippen LogP contribution < -0.4 is 16.0 Å². The summed E-state index contributed by atoms with van der Waals surface area (Å²) in [6.45, 7) is 4.14. The molecule has 104 valence electrons. The van der Waals surface area contributed by atoms with E-state index in [0.29, 0.717) is 12.1 Å². The first-order valence-electron chi connectivity index (χ1n) is 6.19. The fourth-order valence-electron chi connectivity index (χ4n) is 1.70. The summed E-state index contributed by atoms with van der Waals surface area (Å²) < 4.78 is 0. The van der Waals surface area contributed by atoms with Crippen LogP contribution in [0.3, 0.4) is 0 Å². The Morgan fingerprint density at radius 2 is 1.74 bits per heavy atom. The molecule has 5 heteroatoms. The monoisotopic (exact) mass is 263 g/mol. The molecule has 0 fully saturated rings. The molecule has 0 atom stereocenters. The number of para-hydroxylation sites is 1. The van der Waals surface area contributed by atoms with Crippen molar-refractivity contribution in [3.8, 4) is 0 Å². The van der Waals surface area contributed by atoms with Crippen LogP contribution in [0.15, 0.2) is 24.3 Å². The lowest BCUT2D eigenvalue weighted by Crippen LogP contribution is -2.39. The molecule has 3 N–H and O–H groups in total. The van der Waals surface area contributed by atoms with Gasteiger partial charge in [0.15, 0.2) is 0 Å². The lowest BCUT2D eigenvalue weighted by atomic mass is 9.92. The summed E-state index contributed by atoms with van der Waals surface area (Å²) in [6.07, 6.45) is 0. The second-order valence-electron chi connectivity index (χ2n) is 4.94. The zero-order valence-corrected chi connectivity index (χ0v) is 11.8. The van der Waals surface area contributed by atoms with Crippen molar-refractivity contribution in [2.75, 3.05) is 26.0 Å². The van der Waals surface area contributed by atoms with Crippen LogP contribution in [0.5, 0.6) is 0 Å². The lowest BCUT2D eigenvalue weighted by Gasteiger charge is -2.24. The van der Waals surface area contributed by atoms with Crippen LogP contribution in [0, 0.1) is 5.41 Å². The van der Waals surface area contributed by atoms with E-state index in [-0.39, 0.29) is 11.8 Å². The number of anilines is 1. The fraction of sp³-hybridized carbons (Fsp3) is 0.429. The number of amides is 2. The Morgan fingerprint density at radius 1 is 1.11 bits per heavy atom. The summed E-state index contributed by atoms with van der Waals surface area (Å²) in [6, 6.07) is 7.22. The Morgan fingerprint density at radius 3 is 2.32 bits per heavy atom. The van der Waals surface area contributed by atoms with Gasteiger partial charge >= 0.3 is 0 Å². The minimum atomic E-state index is -0.551. The van der Waals surface area contributed by atoms with Crippen molar-refractivity contribution < 1.29 is 9.59 Å².